The first-order chi connectivity index (χ1) is 5.18. The Bertz CT molecular complexity index is 223. The summed E-state index contributed by atoms with van der Waals surface area (Å²) in [6.45, 7) is 0. The van der Waals surface area contributed by atoms with E-state index in [1.807, 2.05) is 0 Å². The van der Waals surface area contributed by atoms with Gasteiger partial charge in [-0.05, 0) is 0 Å². The van der Waals surface area contributed by atoms with Crippen LogP contribution < -0.4 is 5.73 Å². The number of hydrogen-bond donors (Lipinski definition) is 2. The molecule has 0 saturated heterocycles. The number of carbonyl (C=O) groups is 1. The quantitative estimate of drug-likeness (QED) is 0.483. The van der Waals surface area contributed by atoms with Gasteiger partial charge < -0.3 is 5.48 Å². The first-order valence-corrected chi connectivity index (χ1v) is 4.03. The minimum Gasteiger partial charge on any atom is -0.412 e. The van der Waals surface area contributed by atoms with E-state index in [0.717, 1.165) is 0 Å². The monoisotopic (exact) mass is 193 g/mol. The van der Waals surface area contributed by atoms with Crippen LogP contribution in [-0.4, -0.2) is 22.6 Å². The zero-order valence-corrected chi connectivity index (χ0v) is 7.38. The fourth-order valence-corrected chi connectivity index (χ4v) is 0.820. The van der Waals surface area contributed by atoms with Gasteiger partial charge in [0.15, 0.2) is 0 Å². The van der Waals surface area contributed by atoms with Crippen LogP contribution in [-0.2, 0) is 9.36 Å². The van der Waals surface area contributed by atoms with E-state index in [4.69, 9.17) is 10.8 Å². The second kappa shape index (κ2) is 8.50. The molecule has 0 aliphatic heterocycles. The summed E-state index contributed by atoms with van der Waals surface area (Å²) in [6.07, 6.45) is 1.53. The van der Waals surface area contributed by atoms with E-state index in [-0.39, 0.29) is 13.4 Å². The summed E-state index contributed by atoms with van der Waals surface area (Å²) in [4.78, 5) is 10.2. The van der Waals surface area contributed by atoms with Crippen LogP contribution in [0.25, 0.3) is 0 Å². The van der Waals surface area contributed by atoms with Gasteiger partial charge in [-0.15, -0.1) is 0 Å². The molecule has 0 heterocycles. The average Bonchev–Trinajstić information content (AvgIpc) is 1.97. The molecule has 0 bridgehead atoms. The molecule has 5 N–H and O–H groups in total. The number of aliphatic carboxylic acids is 1. The molecule has 0 unspecified atom stereocenters. The maximum absolute atomic E-state index is 10.2. The van der Waals surface area contributed by atoms with Crippen molar-refractivity contribution in [1.82, 2.24) is 0 Å². The van der Waals surface area contributed by atoms with Gasteiger partial charge in [0.05, 0.1) is 0 Å². The van der Waals surface area contributed by atoms with Crippen LogP contribution in [0, 0.1) is 5.63 Å². The Balaban J connectivity index is 0. The summed E-state index contributed by atoms with van der Waals surface area (Å²) < 4.78 is 9.82. The van der Waals surface area contributed by atoms with Crippen LogP contribution in [0.4, 0.5) is 0 Å². The summed E-state index contributed by atoms with van der Waals surface area (Å²) in [6, 6.07) is -0.805. The van der Waals surface area contributed by atoms with Gasteiger partial charge in [-0.2, -0.15) is 0 Å². The normalized spacial score (nSPS) is 10.8. The van der Waals surface area contributed by atoms with Crippen LogP contribution in [0.3, 0.4) is 0 Å². The molecular weight excluding hydrogens is 181 g/mol. The first kappa shape index (κ1) is 14.0. The SMILES string of the molecule is N[C@@H](CCCC#P=O)C(=O)O.O. The van der Waals surface area contributed by atoms with Gasteiger partial charge in [0.25, 0.3) is 0 Å². The summed E-state index contributed by atoms with van der Waals surface area (Å²) in [5.41, 5.74) is 7.70. The number of carboxylic acids is 1. The molecule has 0 aliphatic carbocycles. The molecule has 0 saturated carbocycles. The fourth-order valence-electron chi connectivity index (χ4n) is 0.570. The molecule has 70 valence electrons. The third-order valence-corrected chi connectivity index (χ3v) is 1.54. The van der Waals surface area contributed by atoms with Crippen LogP contribution >= 0.6 is 7.92 Å². The van der Waals surface area contributed by atoms with Gasteiger partial charge in [0.1, 0.15) is 0 Å². The predicted octanol–water partition coefficient (Wildman–Crippen LogP) is -0.00520. The van der Waals surface area contributed by atoms with Crippen molar-refractivity contribution in [2.75, 3.05) is 0 Å². The van der Waals surface area contributed by atoms with Gasteiger partial charge in [0, 0.05) is 0 Å². The van der Waals surface area contributed by atoms with Crippen molar-refractivity contribution in [1.29, 1.82) is 0 Å². The van der Waals surface area contributed by atoms with Gasteiger partial charge in [0.2, 0.25) is 0 Å². The zero-order chi connectivity index (χ0) is 8.69. The van der Waals surface area contributed by atoms with Gasteiger partial charge in [-0.1, -0.05) is 0 Å². The first-order valence-electron chi connectivity index (χ1n) is 3.22. The Morgan fingerprint density at radius 2 is 2.25 bits per heavy atom. The third-order valence-electron chi connectivity index (χ3n) is 1.19. The Kier molecular flexibility index (Phi) is 9.88. The van der Waals surface area contributed by atoms with E-state index in [9.17, 15) is 9.36 Å². The second-order valence-corrected chi connectivity index (χ2v) is 2.59. The summed E-state index contributed by atoms with van der Waals surface area (Å²) >= 11 is 0. The topological polar surface area (TPSA) is 112 Å². The molecule has 0 aliphatic rings. The third kappa shape index (κ3) is 7.51. The minimum absolute atomic E-state index is 0. The Morgan fingerprint density at radius 3 is 2.67 bits per heavy atom. The molecule has 0 radical (unpaired) electrons. The van der Waals surface area contributed by atoms with Crippen molar-refractivity contribution in [2.24, 2.45) is 5.73 Å². The summed E-state index contributed by atoms with van der Waals surface area (Å²) in [7, 11) is -0.130. The summed E-state index contributed by atoms with van der Waals surface area (Å²) in [5, 5.41) is 8.33. The smallest absolute Gasteiger partial charge is 0.412 e. The number of hydrogen-bond acceptors (Lipinski definition) is 3. The molecule has 0 aromatic carbocycles. The van der Waals surface area contributed by atoms with E-state index in [0.29, 0.717) is 19.3 Å². The molecule has 6 heteroatoms. The number of nitrogens with two attached hydrogens (primary N) is 1. The molecule has 1 atom stereocenters. The molecule has 0 aromatic heterocycles. The molecule has 0 fully saturated rings. The van der Waals surface area contributed by atoms with Gasteiger partial charge in [-0.3, -0.25) is 0 Å². The molecule has 0 amide bonds. The number of carboxylic acid groups (broad SMARTS) is 1. The second-order valence-electron chi connectivity index (χ2n) is 2.09. The predicted molar refractivity (Wildman–Crippen MR) is 44.6 cm³/mol. The van der Waals surface area contributed by atoms with Crippen molar-refractivity contribution in [2.45, 2.75) is 25.3 Å². The van der Waals surface area contributed by atoms with E-state index >= 15 is 0 Å². The minimum atomic E-state index is -0.996. The van der Waals surface area contributed by atoms with E-state index in [2.05, 4.69) is 5.63 Å². The Labute approximate surface area is 71.4 Å². The fraction of sp³-hybridized carbons (Fsp3) is 0.667. The molecule has 12 heavy (non-hydrogen) atoms. The van der Waals surface area contributed by atoms with Gasteiger partial charge >= 0.3 is 65.0 Å². The number of unbranched alkanes of at least 4 members (excludes halogenated alkanes) is 1. The van der Waals surface area contributed by atoms with E-state index in [1.165, 1.54) is 0 Å². The van der Waals surface area contributed by atoms with Crippen LogP contribution in [0.5, 0.6) is 0 Å². The zero-order valence-electron chi connectivity index (χ0n) is 6.49. The van der Waals surface area contributed by atoms with E-state index < -0.39 is 12.0 Å². The maximum Gasteiger partial charge on any atom is -0.412 e. The standard InChI is InChI=1S/C6H10NO3P.H2O/c7-5(6(8)9)3-1-2-4-11-10;/h5H,1-3,7H2,(H,8,9);1H2/t5-;/m0./s1. The average molecular weight is 193 g/mol. The Morgan fingerprint density at radius 1 is 1.67 bits per heavy atom. The van der Waals surface area contributed by atoms with Crippen molar-refractivity contribution in [3.05, 3.63) is 0 Å². The van der Waals surface area contributed by atoms with Crippen molar-refractivity contribution in [3.8, 4) is 5.63 Å². The maximum atomic E-state index is 10.2. The van der Waals surface area contributed by atoms with Crippen LogP contribution in [0.1, 0.15) is 19.3 Å². The largest absolute Gasteiger partial charge is 0.412 e. The molecular formula is C6H12NO4P. The molecule has 0 rings (SSSR count). The molecule has 0 aromatic rings. The Hall–Kier alpha value is -0.600. The summed E-state index contributed by atoms with van der Waals surface area (Å²) in [5.74, 6) is -0.996. The van der Waals surface area contributed by atoms with E-state index in [1.54, 1.807) is 0 Å². The van der Waals surface area contributed by atoms with Crippen molar-refractivity contribution in [3.63, 3.8) is 0 Å². The van der Waals surface area contributed by atoms with Crippen molar-refractivity contribution < 1.29 is 19.9 Å². The molecule has 0 spiro atoms. The van der Waals surface area contributed by atoms with Gasteiger partial charge in [-0.25, -0.2) is 0 Å². The van der Waals surface area contributed by atoms with Crippen LogP contribution in [0.15, 0.2) is 0 Å². The molecule has 5 nitrogen and oxygen atoms in total. The van der Waals surface area contributed by atoms with Crippen LogP contribution in [0.2, 0.25) is 0 Å². The van der Waals surface area contributed by atoms with Crippen molar-refractivity contribution >= 4 is 13.9 Å². The number of rotatable bonds is 4.